The molecule has 0 spiro atoms. The Labute approximate surface area is 133 Å². The highest BCUT2D eigenvalue weighted by atomic mass is 19.1. The van der Waals surface area contributed by atoms with E-state index in [0.29, 0.717) is 0 Å². The molecule has 4 aromatic rings. The number of nitrogens with zero attached hydrogens (tertiary/aromatic N) is 1. The SMILES string of the molecule is Cc1cc(F)ccc1-c1ccc(-c2nc3ccccc3[nH]2)cc1. The van der Waals surface area contributed by atoms with Crippen molar-refractivity contribution in [1.82, 2.24) is 9.97 Å². The maximum Gasteiger partial charge on any atom is 0.138 e. The fourth-order valence-electron chi connectivity index (χ4n) is 2.85. The Kier molecular flexibility index (Phi) is 3.19. The molecule has 3 aromatic carbocycles. The second-order valence-electron chi connectivity index (χ2n) is 5.64. The molecule has 0 radical (unpaired) electrons. The van der Waals surface area contributed by atoms with Crippen molar-refractivity contribution >= 4 is 11.0 Å². The van der Waals surface area contributed by atoms with E-state index in [9.17, 15) is 4.39 Å². The van der Waals surface area contributed by atoms with Crippen LogP contribution in [0.15, 0.2) is 66.7 Å². The molecule has 0 aliphatic rings. The highest BCUT2D eigenvalue weighted by Crippen LogP contribution is 2.27. The van der Waals surface area contributed by atoms with E-state index in [1.807, 2.05) is 61.5 Å². The van der Waals surface area contributed by atoms with Crippen molar-refractivity contribution in [3.8, 4) is 22.5 Å². The van der Waals surface area contributed by atoms with Crippen LogP contribution in [0.3, 0.4) is 0 Å². The molecule has 0 amide bonds. The van der Waals surface area contributed by atoms with E-state index in [2.05, 4.69) is 9.97 Å². The van der Waals surface area contributed by atoms with E-state index >= 15 is 0 Å². The molecule has 3 heteroatoms. The smallest absolute Gasteiger partial charge is 0.138 e. The second-order valence-corrected chi connectivity index (χ2v) is 5.64. The quantitative estimate of drug-likeness (QED) is 0.531. The molecule has 23 heavy (non-hydrogen) atoms. The van der Waals surface area contributed by atoms with Gasteiger partial charge >= 0.3 is 0 Å². The molecule has 0 unspecified atom stereocenters. The molecular weight excluding hydrogens is 287 g/mol. The van der Waals surface area contributed by atoms with Crippen LogP contribution in [0.5, 0.6) is 0 Å². The minimum Gasteiger partial charge on any atom is -0.338 e. The number of aromatic nitrogens is 2. The Hall–Kier alpha value is -2.94. The lowest BCUT2D eigenvalue weighted by molar-refractivity contribution is 0.627. The van der Waals surface area contributed by atoms with E-state index in [0.717, 1.165) is 39.1 Å². The number of rotatable bonds is 2. The molecule has 0 aliphatic carbocycles. The van der Waals surface area contributed by atoms with Crippen LogP contribution in [0.1, 0.15) is 5.56 Å². The Bertz CT molecular complexity index is 951. The first-order valence-electron chi connectivity index (χ1n) is 7.52. The van der Waals surface area contributed by atoms with Gasteiger partial charge in [-0.2, -0.15) is 0 Å². The molecule has 0 aliphatic heterocycles. The molecule has 0 atom stereocenters. The summed E-state index contributed by atoms with van der Waals surface area (Å²) in [6.45, 7) is 1.92. The van der Waals surface area contributed by atoms with Gasteiger partial charge in [-0.05, 0) is 47.9 Å². The van der Waals surface area contributed by atoms with Gasteiger partial charge in [0.05, 0.1) is 11.0 Å². The van der Waals surface area contributed by atoms with Crippen molar-refractivity contribution in [1.29, 1.82) is 0 Å². The summed E-state index contributed by atoms with van der Waals surface area (Å²) in [5.41, 5.74) is 6.07. The van der Waals surface area contributed by atoms with Gasteiger partial charge in [0.1, 0.15) is 11.6 Å². The predicted molar refractivity (Wildman–Crippen MR) is 91.7 cm³/mol. The summed E-state index contributed by atoms with van der Waals surface area (Å²) in [5, 5.41) is 0. The largest absolute Gasteiger partial charge is 0.338 e. The second kappa shape index (κ2) is 5.36. The van der Waals surface area contributed by atoms with Crippen LogP contribution in [-0.2, 0) is 0 Å². The molecule has 1 N–H and O–H groups in total. The maximum absolute atomic E-state index is 13.2. The monoisotopic (exact) mass is 302 g/mol. The van der Waals surface area contributed by atoms with Gasteiger partial charge in [-0.15, -0.1) is 0 Å². The molecular formula is C20H15FN2. The summed E-state index contributed by atoms with van der Waals surface area (Å²) in [6.07, 6.45) is 0. The van der Waals surface area contributed by atoms with E-state index in [1.165, 1.54) is 6.07 Å². The van der Waals surface area contributed by atoms with Crippen LogP contribution < -0.4 is 0 Å². The molecule has 0 saturated heterocycles. The number of hydrogen-bond donors (Lipinski definition) is 1. The fourth-order valence-corrected chi connectivity index (χ4v) is 2.85. The van der Waals surface area contributed by atoms with Crippen molar-refractivity contribution in [3.05, 3.63) is 78.1 Å². The van der Waals surface area contributed by atoms with Crippen molar-refractivity contribution < 1.29 is 4.39 Å². The number of H-pyrrole nitrogens is 1. The van der Waals surface area contributed by atoms with Gasteiger partial charge in [0, 0.05) is 5.56 Å². The lowest BCUT2D eigenvalue weighted by atomic mass is 9.99. The van der Waals surface area contributed by atoms with Crippen LogP contribution in [0.4, 0.5) is 4.39 Å². The van der Waals surface area contributed by atoms with Crippen LogP contribution in [0, 0.1) is 12.7 Å². The average Bonchev–Trinajstić information content (AvgIpc) is 2.99. The minimum absolute atomic E-state index is 0.204. The van der Waals surface area contributed by atoms with Crippen LogP contribution in [0.25, 0.3) is 33.5 Å². The molecule has 112 valence electrons. The lowest BCUT2D eigenvalue weighted by Crippen LogP contribution is -1.86. The van der Waals surface area contributed by atoms with Gasteiger partial charge in [-0.25, -0.2) is 9.37 Å². The molecule has 2 nitrogen and oxygen atoms in total. The standard InChI is InChI=1S/C20H15FN2/c1-13-12-16(21)10-11-17(13)14-6-8-15(9-7-14)20-22-18-4-2-3-5-19(18)23-20/h2-12H,1H3,(H,22,23). The van der Waals surface area contributed by atoms with Crippen LogP contribution >= 0.6 is 0 Å². The molecule has 1 heterocycles. The summed E-state index contributed by atoms with van der Waals surface area (Å²) in [6, 6.07) is 21.0. The first kappa shape index (κ1) is 13.7. The Morgan fingerprint density at radius 3 is 2.35 bits per heavy atom. The number of benzene rings is 3. The summed E-state index contributed by atoms with van der Waals surface area (Å²) in [4.78, 5) is 7.94. The number of aromatic amines is 1. The third-order valence-electron chi connectivity index (χ3n) is 4.05. The highest BCUT2D eigenvalue weighted by Gasteiger charge is 2.07. The van der Waals surface area contributed by atoms with Gasteiger partial charge in [0.15, 0.2) is 0 Å². The summed E-state index contributed by atoms with van der Waals surface area (Å²) >= 11 is 0. The Morgan fingerprint density at radius 2 is 1.61 bits per heavy atom. The third kappa shape index (κ3) is 2.50. The third-order valence-corrected chi connectivity index (χ3v) is 4.05. The van der Waals surface area contributed by atoms with E-state index in [-0.39, 0.29) is 5.82 Å². The number of aryl methyl sites for hydroxylation is 1. The number of hydrogen-bond acceptors (Lipinski definition) is 1. The van der Waals surface area contributed by atoms with E-state index in [1.54, 1.807) is 6.07 Å². The first-order chi connectivity index (χ1) is 11.2. The highest BCUT2D eigenvalue weighted by molar-refractivity contribution is 5.80. The summed E-state index contributed by atoms with van der Waals surface area (Å²) in [7, 11) is 0. The summed E-state index contributed by atoms with van der Waals surface area (Å²) in [5.74, 6) is 0.652. The lowest BCUT2D eigenvalue weighted by Gasteiger charge is -2.07. The number of para-hydroxylation sites is 2. The van der Waals surface area contributed by atoms with Gasteiger partial charge in [-0.1, -0.05) is 42.5 Å². The average molecular weight is 302 g/mol. The Balaban J connectivity index is 1.72. The maximum atomic E-state index is 13.2. The van der Waals surface area contributed by atoms with Gasteiger partial charge in [-0.3, -0.25) is 0 Å². The first-order valence-corrected chi connectivity index (χ1v) is 7.52. The van der Waals surface area contributed by atoms with Gasteiger partial charge in [0.2, 0.25) is 0 Å². The van der Waals surface area contributed by atoms with Gasteiger partial charge < -0.3 is 4.98 Å². The van der Waals surface area contributed by atoms with Crippen molar-refractivity contribution in [2.75, 3.05) is 0 Å². The number of nitrogens with one attached hydrogen (secondary N) is 1. The predicted octanol–water partition coefficient (Wildman–Crippen LogP) is 5.34. The van der Waals surface area contributed by atoms with Crippen LogP contribution in [-0.4, -0.2) is 9.97 Å². The normalized spacial score (nSPS) is 11.0. The van der Waals surface area contributed by atoms with Crippen LogP contribution in [0.2, 0.25) is 0 Å². The molecule has 0 bridgehead atoms. The zero-order chi connectivity index (χ0) is 15.8. The van der Waals surface area contributed by atoms with Crippen molar-refractivity contribution in [2.45, 2.75) is 6.92 Å². The molecule has 0 fully saturated rings. The minimum atomic E-state index is -0.204. The fraction of sp³-hybridized carbons (Fsp3) is 0.0500. The zero-order valence-electron chi connectivity index (χ0n) is 12.7. The Morgan fingerprint density at radius 1 is 0.870 bits per heavy atom. The molecule has 1 aromatic heterocycles. The topological polar surface area (TPSA) is 28.7 Å². The van der Waals surface area contributed by atoms with E-state index in [4.69, 9.17) is 0 Å². The zero-order valence-corrected chi connectivity index (χ0v) is 12.7. The number of halogens is 1. The van der Waals surface area contributed by atoms with Crippen molar-refractivity contribution in [2.24, 2.45) is 0 Å². The molecule has 0 saturated carbocycles. The number of fused-ring (bicyclic) bond motifs is 1. The van der Waals surface area contributed by atoms with E-state index < -0.39 is 0 Å². The molecule has 4 rings (SSSR count). The van der Waals surface area contributed by atoms with Gasteiger partial charge in [0.25, 0.3) is 0 Å². The number of imidazole rings is 1. The van der Waals surface area contributed by atoms with Crippen molar-refractivity contribution in [3.63, 3.8) is 0 Å². The summed E-state index contributed by atoms with van der Waals surface area (Å²) < 4.78 is 13.2.